The Bertz CT molecular complexity index is 596. The monoisotopic (exact) mass is 291 g/mol. The van der Waals surface area contributed by atoms with E-state index in [1.54, 1.807) is 18.2 Å². The molecule has 0 aliphatic rings. The van der Waals surface area contributed by atoms with Crippen molar-refractivity contribution in [3.05, 3.63) is 51.9 Å². The van der Waals surface area contributed by atoms with Crippen molar-refractivity contribution in [2.75, 3.05) is 0 Å². The molecule has 0 amide bonds. The minimum Gasteiger partial charge on any atom is -0.479 e. The molecule has 1 N–H and O–H groups in total. The summed E-state index contributed by atoms with van der Waals surface area (Å²) in [7, 11) is 0. The van der Waals surface area contributed by atoms with E-state index in [1.165, 1.54) is 12.3 Å². The van der Waals surface area contributed by atoms with Crippen molar-refractivity contribution >= 4 is 5.69 Å². The summed E-state index contributed by atoms with van der Waals surface area (Å²) in [5, 5.41) is 17.9. The van der Waals surface area contributed by atoms with Gasteiger partial charge in [0.2, 0.25) is 0 Å². The first-order chi connectivity index (χ1) is 10.1. The molecule has 21 heavy (non-hydrogen) atoms. The minimum atomic E-state index is -0.450. The van der Waals surface area contributed by atoms with E-state index >= 15 is 0 Å². The fraction of sp³-hybridized carbons (Fsp3) is 0.357. The molecular formula is C14H17N3O4. The molecule has 0 fully saturated rings. The van der Waals surface area contributed by atoms with Crippen LogP contribution in [0.15, 0.2) is 35.0 Å². The Morgan fingerprint density at radius 2 is 2.24 bits per heavy atom. The Kier molecular flexibility index (Phi) is 4.89. The van der Waals surface area contributed by atoms with Crippen molar-refractivity contribution in [2.45, 2.75) is 33.0 Å². The second-order valence-electron chi connectivity index (χ2n) is 4.86. The van der Waals surface area contributed by atoms with Crippen molar-refractivity contribution in [3.8, 4) is 5.75 Å². The van der Waals surface area contributed by atoms with Crippen LogP contribution in [0.2, 0.25) is 0 Å². The zero-order valence-electron chi connectivity index (χ0n) is 11.9. The Morgan fingerprint density at radius 1 is 1.43 bits per heavy atom. The van der Waals surface area contributed by atoms with Crippen molar-refractivity contribution < 1.29 is 14.2 Å². The largest absolute Gasteiger partial charge is 0.479 e. The van der Waals surface area contributed by atoms with E-state index in [-0.39, 0.29) is 18.0 Å². The summed E-state index contributed by atoms with van der Waals surface area (Å²) in [6.45, 7) is 4.71. The van der Waals surface area contributed by atoms with Crippen molar-refractivity contribution in [2.24, 2.45) is 0 Å². The summed E-state index contributed by atoms with van der Waals surface area (Å²) in [5.41, 5.74) is 0.778. The summed E-state index contributed by atoms with van der Waals surface area (Å²) >= 11 is 0. The van der Waals surface area contributed by atoms with Crippen LogP contribution in [-0.4, -0.2) is 16.1 Å². The van der Waals surface area contributed by atoms with Crippen LogP contribution in [0.1, 0.15) is 25.2 Å². The Labute approximate surface area is 122 Å². The van der Waals surface area contributed by atoms with Crippen LogP contribution in [0, 0.1) is 10.1 Å². The van der Waals surface area contributed by atoms with Gasteiger partial charge in [-0.25, -0.2) is 0 Å². The predicted molar refractivity (Wildman–Crippen MR) is 75.9 cm³/mol. The first kappa shape index (κ1) is 15.0. The van der Waals surface area contributed by atoms with Gasteiger partial charge in [0.25, 0.3) is 0 Å². The number of nitro groups is 1. The number of aromatic nitrogens is 1. The highest BCUT2D eigenvalue weighted by molar-refractivity contribution is 5.48. The summed E-state index contributed by atoms with van der Waals surface area (Å²) in [5.74, 6) is 0.722. The van der Waals surface area contributed by atoms with Gasteiger partial charge in [0, 0.05) is 24.7 Å². The number of nitro benzene ring substituents is 1. The van der Waals surface area contributed by atoms with E-state index in [1.807, 2.05) is 13.8 Å². The number of benzene rings is 1. The topological polar surface area (TPSA) is 90.4 Å². The molecule has 1 heterocycles. The lowest BCUT2D eigenvalue weighted by atomic mass is 10.2. The zero-order valence-corrected chi connectivity index (χ0v) is 11.9. The Hall–Kier alpha value is -2.41. The molecule has 2 rings (SSSR count). The summed E-state index contributed by atoms with van der Waals surface area (Å²) < 4.78 is 10.3. The number of rotatable bonds is 7. The average molecular weight is 291 g/mol. The maximum absolute atomic E-state index is 11.1. The van der Waals surface area contributed by atoms with Gasteiger partial charge in [0.15, 0.2) is 11.5 Å². The van der Waals surface area contributed by atoms with Crippen LogP contribution in [0.4, 0.5) is 5.69 Å². The minimum absolute atomic E-state index is 0.0578. The Balaban J connectivity index is 2.11. The number of hydrogen-bond donors (Lipinski definition) is 1. The van der Waals surface area contributed by atoms with Crippen molar-refractivity contribution in [1.29, 1.82) is 0 Å². The van der Waals surface area contributed by atoms with E-state index < -0.39 is 4.92 Å². The first-order valence-corrected chi connectivity index (χ1v) is 6.59. The molecule has 0 bridgehead atoms. The van der Waals surface area contributed by atoms with Crippen LogP contribution in [0.3, 0.4) is 0 Å². The highest BCUT2D eigenvalue weighted by atomic mass is 16.6. The Morgan fingerprint density at radius 3 is 2.86 bits per heavy atom. The fourth-order valence-corrected chi connectivity index (χ4v) is 1.73. The summed E-state index contributed by atoms with van der Waals surface area (Å²) in [6, 6.07) is 6.88. The molecule has 0 radical (unpaired) electrons. The lowest BCUT2D eigenvalue weighted by Crippen LogP contribution is -2.21. The van der Waals surface area contributed by atoms with Crippen LogP contribution in [0.25, 0.3) is 0 Å². The molecule has 1 aromatic carbocycles. The third-order valence-electron chi connectivity index (χ3n) is 2.80. The van der Waals surface area contributed by atoms with Gasteiger partial charge in [0.05, 0.1) is 11.1 Å². The van der Waals surface area contributed by atoms with Gasteiger partial charge in [-0.1, -0.05) is 25.1 Å². The van der Waals surface area contributed by atoms with Gasteiger partial charge >= 0.3 is 5.69 Å². The lowest BCUT2D eigenvalue weighted by molar-refractivity contribution is -0.386. The molecule has 0 atom stereocenters. The van der Waals surface area contributed by atoms with Crippen LogP contribution < -0.4 is 10.1 Å². The van der Waals surface area contributed by atoms with Crippen LogP contribution in [-0.2, 0) is 13.2 Å². The van der Waals surface area contributed by atoms with E-state index in [2.05, 4.69) is 10.5 Å². The maximum atomic E-state index is 11.1. The normalized spacial score (nSPS) is 10.8. The van der Waals surface area contributed by atoms with Crippen molar-refractivity contribution in [1.82, 2.24) is 10.5 Å². The summed E-state index contributed by atoms with van der Waals surface area (Å²) in [6.07, 6.45) is 1.49. The van der Waals surface area contributed by atoms with Gasteiger partial charge in [-0.2, -0.15) is 0 Å². The average Bonchev–Trinajstić information content (AvgIpc) is 2.96. The van der Waals surface area contributed by atoms with Gasteiger partial charge in [-0.3, -0.25) is 10.1 Å². The highest BCUT2D eigenvalue weighted by Gasteiger charge is 2.16. The SMILES string of the molecule is CC(C)NCc1ccc(OCc2ccno2)c([N+](=O)[O-])c1. The summed E-state index contributed by atoms with van der Waals surface area (Å²) in [4.78, 5) is 10.7. The molecule has 7 heteroatoms. The highest BCUT2D eigenvalue weighted by Crippen LogP contribution is 2.28. The van der Waals surface area contributed by atoms with Crippen LogP contribution >= 0.6 is 0 Å². The van der Waals surface area contributed by atoms with Gasteiger partial charge in [-0.15, -0.1) is 0 Å². The molecule has 0 aliphatic heterocycles. The van der Waals surface area contributed by atoms with Gasteiger partial charge < -0.3 is 14.6 Å². The molecule has 0 saturated carbocycles. The lowest BCUT2D eigenvalue weighted by Gasteiger charge is -2.10. The quantitative estimate of drug-likeness (QED) is 0.623. The molecule has 0 saturated heterocycles. The van der Waals surface area contributed by atoms with Gasteiger partial charge in [0.1, 0.15) is 6.61 Å². The second kappa shape index (κ2) is 6.85. The molecule has 0 unspecified atom stereocenters. The zero-order chi connectivity index (χ0) is 15.2. The smallest absolute Gasteiger partial charge is 0.311 e. The molecule has 0 aliphatic carbocycles. The van der Waals surface area contributed by atoms with E-state index in [4.69, 9.17) is 9.26 Å². The van der Waals surface area contributed by atoms with E-state index in [0.717, 1.165) is 5.56 Å². The second-order valence-corrected chi connectivity index (χ2v) is 4.86. The maximum Gasteiger partial charge on any atom is 0.311 e. The van der Waals surface area contributed by atoms with E-state index in [9.17, 15) is 10.1 Å². The molecule has 112 valence electrons. The van der Waals surface area contributed by atoms with Crippen molar-refractivity contribution in [3.63, 3.8) is 0 Å². The van der Waals surface area contributed by atoms with Gasteiger partial charge in [-0.05, 0) is 11.6 Å². The third kappa shape index (κ3) is 4.28. The molecule has 2 aromatic rings. The molecule has 0 spiro atoms. The number of nitrogens with one attached hydrogen (secondary N) is 1. The fourth-order valence-electron chi connectivity index (χ4n) is 1.73. The number of hydrogen-bond acceptors (Lipinski definition) is 6. The number of nitrogens with zero attached hydrogens (tertiary/aromatic N) is 2. The molecule has 7 nitrogen and oxygen atoms in total. The van der Waals surface area contributed by atoms with Crippen LogP contribution in [0.5, 0.6) is 5.75 Å². The molecular weight excluding hydrogens is 274 g/mol. The predicted octanol–water partition coefficient (Wildman–Crippen LogP) is 2.66. The van der Waals surface area contributed by atoms with E-state index in [0.29, 0.717) is 18.3 Å². The standard InChI is InChI=1S/C14H17N3O4/c1-10(2)15-8-11-3-4-14(13(7-11)17(18)19)20-9-12-5-6-16-21-12/h3-7,10,15H,8-9H2,1-2H3. The number of ether oxygens (including phenoxy) is 1. The first-order valence-electron chi connectivity index (χ1n) is 6.59. The third-order valence-corrected chi connectivity index (χ3v) is 2.80. The molecule has 1 aromatic heterocycles.